The minimum Gasteiger partial charge on any atom is -0.507 e. The van der Waals surface area contributed by atoms with Crippen molar-refractivity contribution in [3.63, 3.8) is 0 Å². The summed E-state index contributed by atoms with van der Waals surface area (Å²) in [5.74, 6) is 0.555. The summed E-state index contributed by atoms with van der Waals surface area (Å²) >= 11 is 0. The fourth-order valence-electron chi connectivity index (χ4n) is 3.54. The van der Waals surface area contributed by atoms with Crippen LogP contribution in [0.1, 0.15) is 11.1 Å². The highest BCUT2D eigenvalue weighted by atomic mass is 16.3. The largest absolute Gasteiger partial charge is 0.507 e. The molecule has 0 bridgehead atoms. The lowest BCUT2D eigenvalue weighted by Crippen LogP contribution is -1.86. The molecule has 5 nitrogen and oxygen atoms in total. The van der Waals surface area contributed by atoms with Crippen molar-refractivity contribution in [2.75, 3.05) is 0 Å². The van der Waals surface area contributed by atoms with E-state index in [0.29, 0.717) is 28.3 Å². The molecule has 1 aromatic heterocycles. The molecule has 0 aliphatic carbocycles. The molecule has 5 aromatic rings. The van der Waals surface area contributed by atoms with Crippen molar-refractivity contribution in [2.45, 2.75) is 6.92 Å². The number of aromatic hydroxyl groups is 2. The van der Waals surface area contributed by atoms with Gasteiger partial charge in [0.25, 0.3) is 0 Å². The van der Waals surface area contributed by atoms with Crippen LogP contribution < -0.4 is 0 Å². The molecule has 30 heavy (non-hydrogen) atoms. The molecule has 0 saturated carbocycles. The zero-order valence-electron chi connectivity index (χ0n) is 16.2. The first kappa shape index (κ1) is 17.9. The van der Waals surface area contributed by atoms with Crippen molar-refractivity contribution < 1.29 is 14.6 Å². The van der Waals surface area contributed by atoms with Gasteiger partial charge in [-0.3, -0.25) is 4.99 Å². The lowest BCUT2D eigenvalue weighted by Gasteiger charge is -2.05. The Kier molecular flexibility index (Phi) is 4.21. The van der Waals surface area contributed by atoms with Crippen molar-refractivity contribution in [3.8, 4) is 23.0 Å². The fraction of sp³-hybridized carbons (Fsp3) is 0.0400. The quantitative estimate of drug-likeness (QED) is 0.361. The van der Waals surface area contributed by atoms with E-state index in [-0.39, 0.29) is 11.5 Å². The van der Waals surface area contributed by atoms with Crippen LogP contribution in [0.5, 0.6) is 11.5 Å². The first-order valence-corrected chi connectivity index (χ1v) is 9.54. The molecule has 2 N–H and O–H groups in total. The van der Waals surface area contributed by atoms with Gasteiger partial charge in [0.1, 0.15) is 17.0 Å². The van der Waals surface area contributed by atoms with Gasteiger partial charge in [-0.1, -0.05) is 42.5 Å². The van der Waals surface area contributed by atoms with Crippen LogP contribution in [0.3, 0.4) is 0 Å². The maximum absolute atomic E-state index is 10.4. The average Bonchev–Trinajstić information content (AvgIpc) is 3.19. The van der Waals surface area contributed by atoms with Gasteiger partial charge in [-0.15, -0.1) is 0 Å². The molecule has 1 heterocycles. The van der Waals surface area contributed by atoms with Crippen LogP contribution in [0.4, 0.5) is 5.69 Å². The molecule has 5 heteroatoms. The predicted molar refractivity (Wildman–Crippen MR) is 119 cm³/mol. The molecule has 0 fully saturated rings. The highest BCUT2D eigenvalue weighted by Gasteiger charge is 2.14. The molecule has 146 valence electrons. The minimum atomic E-state index is 0.0613. The summed E-state index contributed by atoms with van der Waals surface area (Å²) in [4.78, 5) is 9.06. The number of hydrogen-bond acceptors (Lipinski definition) is 5. The third kappa shape index (κ3) is 3.06. The summed E-state index contributed by atoms with van der Waals surface area (Å²) in [7, 11) is 0. The van der Waals surface area contributed by atoms with E-state index in [1.54, 1.807) is 30.5 Å². The van der Waals surface area contributed by atoms with Crippen molar-refractivity contribution in [1.82, 2.24) is 4.98 Å². The Hall–Kier alpha value is -4.12. The van der Waals surface area contributed by atoms with Crippen LogP contribution in [-0.2, 0) is 0 Å². The van der Waals surface area contributed by atoms with E-state index in [2.05, 4.69) is 9.98 Å². The lowest BCUT2D eigenvalue weighted by atomic mass is 10.0. The minimum absolute atomic E-state index is 0.0613. The number of benzene rings is 4. The second kappa shape index (κ2) is 7.04. The van der Waals surface area contributed by atoms with Crippen LogP contribution in [0.15, 0.2) is 82.2 Å². The summed E-state index contributed by atoms with van der Waals surface area (Å²) in [6.07, 6.45) is 1.63. The molecular weight excluding hydrogens is 376 g/mol. The van der Waals surface area contributed by atoms with Crippen LogP contribution in [0.25, 0.3) is 33.3 Å². The summed E-state index contributed by atoms with van der Waals surface area (Å²) in [6.45, 7) is 1.96. The predicted octanol–water partition coefficient (Wildman–Crippen LogP) is 6.12. The molecule has 0 aliphatic rings. The van der Waals surface area contributed by atoms with Gasteiger partial charge in [0.05, 0.1) is 11.3 Å². The Labute approximate surface area is 172 Å². The van der Waals surface area contributed by atoms with Crippen LogP contribution >= 0.6 is 0 Å². The average molecular weight is 394 g/mol. The van der Waals surface area contributed by atoms with Crippen LogP contribution in [-0.4, -0.2) is 21.4 Å². The second-order valence-electron chi connectivity index (χ2n) is 7.12. The van der Waals surface area contributed by atoms with E-state index in [0.717, 1.165) is 21.9 Å². The number of rotatable bonds is 3. The first-order chi connectivity index (χ1) is 14.6. The van der Waals surface area contributed by atoms with Crippen molar-refractivity contribution in [1.29, 1.82) is 0 Å². The molecule has 0 radical (unpaired) electrons. The second-order valence-corrected chi connectivity index (χ2v) is 7.12. The first-order valence-electron chi connectivity index (χ1n) is 9.54. The number of hydrogen-bond donors (Lipinski definition) is 2. The molecule has 0 saturated heterocycles. The Morgan fingerprint density at radius 3 is 2.60 bits per heavy atom. The smallest absolute Gasteiger partial charge is 0.231 e. The SMILES string of the molecule is Cc1cccc2oc(-c3cc(N=Cc4c(O)ccc5ccccc45)ccc3O)nc12. The molecule has 0 spiro atoms. The Morgan fingerprint density at radius 1 is 0.900 bits per heavy atom. The molecule has 5 rings (SSSR count). The van der Waals surface area contributed by atoms with E-state index < -0.39 is 0 Å². The lowest BCUT2D eigenvalue weighted by molar-refractivity contribution is 0.474. The molecule has 0 atom stereocenters. The number of para-hydroxylation sites is 1. The van der Waals surface area contributed by atoms with Gasteiger partial charge >= 0.3 is 0 Å². The number of aliphatic imine (C=N–C) groups is 1. The number of fused-ring (bicyclic) bond motifs is 2. The summed E-state index contributed by atoms with van der Waals surface area (Å²) in [5, 5.41) is 22.6. The van der Waals surface area contributed by atoms with Gasteiger partial charge in [0, 0.05) is 11.8 Å². The zero-order valence-corrected chi connectivity index (χ0v) is 16.2. The van der Waals surface area contributed by atoms with Gasteiger partial charge in [-0.2, -0.15) is 0 Å². The van der Waals surface area contributed by atoms with Crippen LogP contribution in [0, 0.1) is 6.92 Å². The number of aryl methyl sites for hydroxylation is 1. The Balaban J connectivity index is 1.57. The number of phenols is 2. The third-order valence-corrected chi connectivity index (χ3v) is 5.12. The highest BCUT2D eigenvalue weighted by molar-refractivity contribution is 6.03. The van der Waals surface area contributed by atoms with E-state index in [9.17, 15) is 10.2 Å². The Morgan fingerprint density at radius 2 is 1.73 bits per heavy atom. The van der Waals surface area contributed by atoms with E-state index in [4.69, 9.17) is 4.42 Å². The number of phenolic OH excluding ortho intramolecular Hbond substituents is 2. The van der Waals surface area contributed by atoms with Gasteiger partial charge in [0.2, 0.25) is 5.89 Å². The van der Waals surface area contributed by atoms with Gasteiger partial charge < -0.3 is 14.6 Å². The maximum atomic E-state index is 10.4. The third-order valence-electron chi connectivity index (χ3n) is 5.12. The van der Waals surface area contributed by atoms with Crippen molar-refractivity contribution >= 4 is 33.8 Å². The topological polar surface area (TPSA) is 78.9 Å². The molecule has 0 amide bonds. The fourth-order valence-corrected chi connectivity index (χ4v) is 3.54. The zero-order chi connectivity index (χ0) is 20.7. The van der Waals surface area contributed by atoms with Gasteiger partial charge in [0.15, 0.2) is 5.58 Å². The number of nitrogens with zero attached hydrogens (tertiary/aromatic N) is 2. The van der Waals surface area contributed by atoms with E-state index in [1.165, 1.54) is 0 Å². The summed E-state index contributed by atoms with van der Waals surface area (Å²) in [5.41, 5.74) is 4.14. The molecule has 0 unspecified atom stereocenters. The normalized spacial score (nSPS) is 11.6. The van der Waals surface area contributed by atoms with Crippen molar-refractivity contribution in [2.24, 2.45) is 4.99 Å². The number of oxazole rings is 1. The summed E-state index contributed by atoms with van der Waals surface area (Å²) in [6, 6.07) is 22.0. The van der Waals surface area contributed by atoms with E-state index >= 15 is 0 Å². The van der Waals surface area contributed by atoms with Gasteiger partial charge in [-0.25, -0.2) is 4.98 Å². The molecule has 4 aromatic carbocycles. The van der Waals surface area contributed by atoms with Gasteiger partial charge in [-0.05, 0) is 53.6 Å². The highest BCUT2D eigenvalue weighted by Crippen LogP contribution is 2.35. The molecular formula is C25H18N2O3. The summed E-state index contributed by atoms with van der Waals surface area (Å²) < 4.78 is 5.85. The van der Waals surface area contributed by atoms with Crippen LogP contribution in [0.2, 0.25) is 0 Å². The number of aromatic nitrogens is 1. The Bertz CT molecular complexity index is 1430. The standard InChI is InChI=1S/C25H18N2O3/c1-15-5-4-8-23-24(15)27-25(30-23)19-13-17(10-12-21(19)28)26-14-20-18-7-3-2-6-16(18)9-11-22(20)29/h2-14,28-29H,1H3. The molecule has 0 aliphatic heterocycles. The van der Waals surface area contributed by atoms with E-state index in [1.807, 2.05) is 55.5 Å². The van der Waals surface area contributed by atoms with Crippen molar-refractivity contribution in [3.05, 3.63) is 83.9 Å². The maximum Gasteiger partial charge on any atom is 0.231 e. The monoisotopic (exact) mass is 394 g/mol.